The van der Waals surface area contributed by atoms with Gasteiger partial charge in [-0.15, -0.1) is 0 Å². The van der Waals surface area contributed by atoms with Crippen LogP contribution in [0.25, 0.3) is 0 Å². The zero-order valence-corrected chi connectivity index (χ0v) is 12.3. The molecule has 0 radical (unpaired) electrons. The average molecular weight is 278 g/mol. The number of hydrogen-bond acceptors (Lipinski definition) is 4. The van der Waals surface area contributed by atoms with Crippen molar-refractivity contribution in [1.29, 1.82) is 0 Å². The molecule has 0 saturated carbocycles. The molecular weight excluding hydrogens is 256 g/mol. The molecule has 6 nitrogen and oxygen atoms in total. The quantitative estimate of drug-likeness (QED) is 0.846. The van der Waals surface area contributed by atoms with Gasteiger partial charge in [0.15, 0.2) is 0 Å². The number of ether oxygens (including phenoxy) is 1. The Hall–Kier alpha value is -1.40. The van der Waals surface area contributed by atoms with Gasteiger partial charge in [-0.05, 0) is 26.3 Å². The third-order valence-corrected chi connectivity index (χ3v) is 4.16. The van der Waals surface area contributed by atoms with Gasteiger partial charge in [0.25, 0.3) is 5.91 Å². The van der Waals surface area contributed by atoms with Crippen molar-refractivity contribution in [2.24, 2.45) is 7.05 Å². The molecule has 110 valence electrons. The third kappa shape index (κ3) is 2.58. The minimum atomic E-state index is -0.0353. The highest BCUT2D eigenvalue weighted by Gasteiger charge is 2.37. The van der Waals surface area contributed by atoms with E-state index >= 15 is 0 Å². The zero-order valence-electron chi connectivity index (χ0n) is 12.3. The van der Waals surface area contributed by atoms with E-state index < -0.39 is 0 Å². The Balaban J connectivity index is 1.62. The maximum atomic E-state index is 12.3. The summed E-state index contributed by atoms with van der Waals surface area (Å²) in [7, 11) is 1.80. The van der Waals surface area contributed by atoms with Crippen LogP contribution in [0.4, 0.5) is 0 Å². The summed E-state index contributed by atoms with van der Waals surface area (Å²) in [4.78, 5) is 14.7. The Labute approximate surface area is 119 Å². The van der Waals surface area contributed by atoms with E-state index in [9.17, 15) is 4.79 Å². The molecule has 1 aromatic heterocycles. The van der Waals surface area contributed by atoms with Crippen molar-refractivity contribution in [3.05, 3.63) is 17.5 Å². The number of aryl methyl sites for hydroxylation is 2. The fourth-order valence-electron chi connectivity index (χ4n) is 3.23. The number of rotatable bonds is 2. The molecule has 0 aromatic carbocycles. The smallest absolute Gasteiger partial charge is 0.269 e. The molecular formula is C14H22N4O2. The van der Waals surface area contributed by atoms with Crippen molar-refractivity contribution in [3.63, 3.8) is 0 Å². The molecule has 2 saturated heterocycles. The number of amides is 1. The number of fused-ring (bicyclic) bond motifs is 1. The Morgan fingerprint density at radius 3 is 3.00 bits per heavy atom. The molecule has 2 fully saturated rings. The fourth-order valence-corrected chi connectivity index (χ4v) is 3.23. The van der Waals surface area contributed by atoms with Gasteiger partial charge in [-0.25, -0.2) is 0 Å². The van der Waals surface area contributed by atoms with E-state index in [4.69, 9.17) is 4.74 Å². The second-order valence-corrected chi connectivity index (χ2v) is 5.95. The predicted molar refractivity (Wildman–Crippen MR) is 74.6 cm³/mol. The van der Waals surface area contributed by atoms with E-state index in [-0.39, 0.29) is 11.9 Å². The van der Waals surface area contributed by atoms with Gasteiger partial charge in [0, 0.05) is 32.2 Å². The Morgan fingerprint density at radius 2 is 2.30 bits per heavy atom. The topological polar surface area (TPSA) is 59.4 Å². The first-order chi connectivity index (χ1) is 9.52. The number of aromatic nitrogens is 2. The standard InChI is InChI=1S/C14H22N4O2/c1-9-4-13(17(3)16-9)14(19)15-11-5-12-8-20-10(2)6-18(12)7-11/h4,10-12H,5-8H2,1-3H3,(H,15,19)/t10-,11+,12-/m0/s1. The van der Waals surface area contributed by atoms with Crippen LogP contribution in [-0.4, -0.2) is 58.5 Å². The molecule has 1 amide bonds. The second-order valence-electron chi connectivity index (χ2n) is 5.95. The molecule has 6 heteroatoms. The van der Waals surface area contributed by atoms with Crippen LogP contribution in [0.15, 0.2) is 6.07 Å². The van der Waals surface area contributed by atoms with Gasteiger partial charge in [-0.2, -0.15) is 5.10 Å². The number of carbonyl (C=O) groups is 1. The molecule has 0 spiro atoms. The molecule has 3 heterocycles. The van der Waals surface area contributed by atoms with Crippen LogP contribution >= 0.6 is 0 Å². The van der Waals surface area contributed by atoms with E-state index in [1.54, 1.807) is 11.7 Å². The van der Waals surface area contributed by atoms with Gasteiger partial charge in [0.2, 0.25) is 0 Å². The summed E-state index contributed by atoms with van der Waals surface area (Å²) in [5.74, 6) is -0.0353. The fraction of sp³-hybridized carbons (Fsp3) is 0.714. The van der Waals surface area contributed by atoms with Gasteiger partial charge >= 0.3 is 0 Å². The Bertz CT molecular complexity index is 513. The van der Waals surface area contributed by atoms with Gasteiger partial charge < -0.3 is 10.1 Å². The van der Waals surface area contributed by atoms with Crippen molar-refractivity contribution in [3.8, 4) is 0 Å². The van der Waals surface area contributed by atoms with Crippen LogP contribution < -0.4 is 5.32 Å². The summed E-state index contributed by atoms with van der Waals surface area (Å²) < 4.78 is 7.32. The van der Waals surface area contributed by atoms with Crippen molar-refractivity contribution in [2.45, 2.75) is 38.5 Å². The van der Waals surface area contributed by atoms with Crippen LogP contribution in [0.1, 0.15) is 29.5 Å². The summed E-state index contributed by atoms with van der Waals surface area (Å²) in [5.41, 5.74) is 1.49. The number of morpholine rings is 1. The minimum Gasteiger partial charge on any atom is -0.376 e. The highest BCUT2D eigenvalue weighted by atomic mass is 16.5. The summed E-state index contributed by atoms with van der Waals surface area (Å²) in [6, 6.07) is 2.48. The van der Waals surface area contributed by atoms with Crippen LogP contribution in [-0.2, 0) is 11.8 Å². The number of nitrogens with zero attached hydrogens (tertiary/aromatic N) is 3. The Morgan fingerprint density at radius 1 is 1.50 bits per heavy atom. The monoisotopic (exact) mass is 278 g/mol. The molecule has 3 atom stereocenters. The number of carbonyl (C=O) groups excluding carboxylic acids is 1. The SMILES string of the molecule is Cc1cc(C(=O)N[C@@H]2C[C@H]3CO[C@@H](C)CN3C2)n(C)n1. The van der Waals surface area contributed by atoms with Gasteiger partial charge in [0.05, 0.1) is 18.4 Å². The molecule has 0 unspecified atom stereocenters. The normalized spacial score (nSPS) is 30.2. The first kappa shape index (κ1) is 13.6. The summed E-state index contributed by atoms with van der Waals surface area (Å²) in [5, 5.41) is 7.34. The van der Waals surface area contributed by atoms with E-state index in [0.29, 0.717) is 17.8 Å². The second kappa shape index (κ2) is 5.18. The highest BCUT2D eigenvalue weighted by molar-refractivity contribution is 5.92. The maximum Gasteiger partial charge on any atom is 0.269 e. The van der Waals surface area contributed by atoms with Crippen LogP contribution in [0.5, 0.6) is 0 Å². The summed E-state index contributed by atoms with van der Waals surface area (Å²) in [6.07, 6.45) is 1.26. The van der Waals surface area contributed by atoms with E-state index in [1.807, 2.05) is 13.0 Å². The first-order valence-corrected chi connectivity index (χ1v) is 7.20. The average Bonchev–Trinajstić information content (AvgIpc) is 2.91. The molecule has 2 aliphatic heterocycles. The molecule has 0 aliphatic carbocycles. The maximum absolute atomic E-state index is 12.3. The largest absolute Gasteiger partial charge is 0.376 e. The lowest BCUT2D eigenvalue weighted by atomic mass is 10.1. The summed E-state index contributed by atoms with van der Waals surface area (Å²) >= 11 is 0. The van der Waals surface area contributed by atoms with Gasteiger partial charge in [-0.1, -0.05) is 0 Å². The highest BCUT2D eigenvalue weighted by Crippen LogP contribution is 2.23. The van der Waals surface area contributed by atoms with Crippen LogP contribution in [0, 0.1) is 6.92 Å². The van der Waals surface area contributed by atoms with Crippen molar-refractivity contribution in [1.82, 2.24) is 20.0 Å². The van der Waals surface area contributed by atoms with E-state index in [2.05, 4.69) is 22.2 Å². The van der Waals surface area contributed by atoms with E-state index in [0.717, 1.165) is 31.8 Å². The lowest BCUT2D eigenvalue weighted by Crippen LogP contribution is -2.45. The lowest BCUT2D eigenvalue weighted by Gasteiger charge is -2.33. The molecule has 0 bridgehead atoms. The first-order valence-electron chi connectivity index (χ1n) is 7.20. The van der Waals surface area contributed by atoms with Crippen LogP contribution in [0.2, 0.25) is 0 Å². The minimum absolute atomic E-state index is 0.0353. The molecule has 3 rings (SSSR count). The molecule has 2 aliphatic rings. The van der Waals surface area contributed by atoms with Crippen molar-refractivity contribution < 1.29 is 9.53 Å². The van der Waals surface area contributed by atoms with Crippen molar-refractivity contribution >= 4 is 5.91 Å². The predicted octanol–water partition coefficient (Wildman–Crippen LogP) is 0.320. The van der Waals surface area contributed by atoms with E-state index in [1.165, 1.54) is 0 Å². The van der Waals surface area contributed by atoms with Gasteiger partial charge in [-0.3, -0.25) is 14.4 Å². The lowest BCUT2D eigenvalue weighted by molar-refractivity contribution is -0.0390. The van der Waals surface area contributed by atoms with Gasteiger partial charge in [0.1, 0.15) is 5.69 Å². The zero-order chi connectivity index (χ0) is 14.3. The molecule has 20 heavy (non-hydrogen) atoms. The number of nitrogens with one attached hydrogen (secondary N) is 1. The third-order valence-electron chi connectivity index (χ3n) is 4.16. The Kier molecular flexibility index (Phi) is 3.52. The summed E-state index contributed by atoms with van der Waals surface area (Å²) in [6.45, 7) is 6.65. The molecule has 1 N–H and O–H groups in total. The molecule has 1 aromatic rings. The van der Waals surface area contributed by atoms with Crippen LogP contribution in [0.3, 0.4) is 0 Å². The van der Waals surface area contributed by atoms with Crippen molar-refractivity contribution in [2.75, 3.05) is 19.7 Å². The number of hydrogen-bond donors (Lipinski definition) is 1.